The van der Waals surface area contributed by atoms with Gasteiger partial charge in [0.15, 0.2) is 0 Å². The summed E-state index contributed by atoms with van der Waals surface area (Å²) in [6.07, 6.45) is 12.4. The summed E-state index contributed by atoms with van der Waals surface area (Å²) >= 11 is 0. The maximum Gasteiger partial charge on any atom is 0.131 e. The molecule has 0 amide bonds. The third-order valence-corrected chi connectivity index (χ3v) is 5.23. The first-order chi connectivity index (χ1) is 11.8. The highest BCUT2D eigenvalue weighted by atomic mass is 16.3. The van der Waals surface area contributed by atoms with Crippen LogP contribution in [0.3, 0.4) is 0 Å². The highest BCUT2D eigenvalue weighted by molar-refractivity contribution is 5.47. The van der Waals surface area contributed by atoms with Crippen LogP contribution in [0.1, 0.15) is 51.4 Å². The molecule has 1 aromatic heterocycles. The summed E-state index contributed by atoms with van der Waals surface area (Å²) < 4.78 is 0. The molecule has 6 heteroatoms. The number of nitrogens with one attached hydrogen (secondary N) is 2. The highest BCUT2D eigenvalue weighted by Gasteiger charge is 2.26. The topological polar surface area (TPSA) is 73.3 Å². The molecule has 3 N–H and O–H groups in total. The fraction of sp³-hybridized carbons (Fsp3) is 0.778. The second-order valence-corrected chi connectivity index (χ2v) is 7.06. The van der Waals surface area contributed by atoms with E-state index in [2.05, 4.69) is 25.5 Å². The van der Waals surface area contributed by atoms with Crippen molar-refractivity contribution in [3.8, 4) is 0 Å². The van der Waals surface area contributed by atoms with Crippen molar-refractivity contribution in [1.29, 1.82) is 0 Å². The first-order valence-corrected chi connectivity index (χ1v) is 9.52. The van der Waals surface area contributed by atoms with Crippen LogP contribution >= 0.6 is 0 Å². The average Bonchev–Trinajstić information content (AvgIpc) is 2.90. The third-order valence-electron chi connectivity index (χ3n) is 5.23. The van der Waals surface area contributed by atoms with Crippen molar-refractivity contribution in [3.05, 3.63) is 12.4 Å². The fourth-order valence-electron chi connectivity index (χ4n) is 4.00. The van der Waals surface area contributed by atoms with Gasteiger partial charge in [-0.3, -0.25) is 4.90 Å². The normalized spacial score (nSPS) is 23.6. The average molecular weight is 333 g/mol. The van der Waals surface area contributed by atoms with Crippen LogP contribution in [0, 0.1) is 0 Å². The smallest absolute Gasteiger partial charge is 0.131 e. The van der Waals surface area contributed by atoms with Gasteiger partial charge < -0.3 is 15.7 Å². The maximum absolute atomic E-state index is 8.90. The van der Waals surface area contributed by atoms with Crippen LogP contribution in [0.4, 0.5) is 11.6 Å². The Bertz CT molecular complexity index is 490. The number of likely N-dealkylation sites (tertiary alicyclic amines) is 1. The van der Waals surface area contributed by atoms with Gasteiger partial charge in [0.2, 0.25) is 0 Å². The Morgan fingerprint density at radius 3 is 2.62 bits per heavy atom. The number of nitrogens with zero attached hydrogens (tertiary/aromatic N) is 3. The molecule has 1 aliphatic heterocycles. The largest absolute Gasteiger partial charge is 0.395 e. The number of piperidine rings is 1. The Kier molecular flexibility index (Phi) is 6.66. The van der Waals surface area contributed by atoms with Crippen LogP contribution in [0.15, 0.2) is 12.4 Å². The van der Waals surface area contributed by atoms with Crippen molar-refractivity contribution in [1.82, 2.24) is 14.9 Å². The maximum atomic E-state index is 8.90. The summed E-state index contributed by atoms with van der Waals surface area (Å²) in [5, 5.41) is 15.6. The molecule has 6 nitrogen and oxygen atoms in total. The summed E-state index contributed by atoms with van der Waals surface area (Å²) in [6, 6.07) is 3.17. The minimum Gasteiger partial charge on any atom is -0.395 e. The molecular formula is C18H31N5O. The van der Waals surface area contributed by atoms with E-state index in [0.29, 0.717) is 12.6 Å². The molecule has 2 aliphatic rings. The number of rotatable bonds is 6. The van der Waals surface area contributed by atoms with Gasteiger partial charge in [0, 0.05) is 31.2 Å². The summed E-state index contributed by atoms with van der Waals surface area (Å²) in [5.74, 6) is 1.64. The molecule has 134 valence electrons. The Morgan fingerprint density at radius 2 is 1.83 bits per heavy atom. The molecule has 1 atom stereocenters. The molecule has 0 radical (unpaired) electrons. The van der Waals surface area contributed by atoms with Crippen molar-refractivity contribution < 1.29 is 5.11 Å². The van der Waals surface area contributed by atoms with Gasteiger partial charge in [-0.05, 0) is 32.2 Å². The van der Waals surface area contributed by atoms with Gasteiger partial charge in [-0.15, -0.1) is 0 Å². The zero-order valence-electron chi connectivity index (χ0n) is 14.6. The van der Waals surface area contributed by atoms with E-state index in [1.54, 1.807) is 6.33 Å². The van der Waals surface area contributed by atoms with Gasteiger partial charge in [0.1, 0.15) is 18.0 Å². The van der Waals surface area contributed by atoms with E-state index in [1.807, 2.05) is 6.07 Å². The number of aliphatic hydroxyl groups excluding tert-OH is 1. The van der Waals surface area contributed by atoms with Crippen LogP contribution in [0.2, 0.25) is 0 Å². The van der Waals surface area contributed by atoms with E-state index in [1.165, 1.54) is 57.9 Å². The zero-order valence-corrected chi connectivity index (χ0v) is 14.6. The Morgan fingerprint density at radius 1 is 1.04 bits per heavy atom. The predicted molar refractivity (Wildman–Crippen MR) is 97.3 cm³/mol. The van der Waals surface area contributed by atoms with Gasteiger partial charge in [0.25, 0.3) is 0 Å². The van der Waals surface area contributed by atoms with E-state index in [4.69, 9.17) is 5.11 Å². The molecule has 1 saturated carbocycles. The summed E-state index contributed by atoms with van der Waals surface area (Å²) in [6.45, 7) is 2.98. The highest BCUT2D eigenvalue weighted by Crippen LogP contribution is 2.25. The van der Waals surface area contributed by atoms with Crippen molar-refractivity contribution >= 4 is 11.6 Å². The fourth-order valence-corrected chi connectivity index (χ4v) is 4.00. The van der Waals surface area contributed by atoms with E-state index >= 15 is 0 Å². The molecule has 0 bridgehead atoms. The Balaban J connectivity index is 1.54. The first-order valence-electron chi connectivity index (χ1n) is 9.52. The molecule has 1 saturated heterocycles. The molecule has 0 aromatic carbocycles. The van der Waals surface area contributed by atoms with Crippen molar-refractivity contribution in [2.24, 2.45) is 0 Å². The third kappa shape index (κ3) is 5.05. The SMILES string of the molecule is OCCNc1cc(NC2CCCN(C3CCCCCC3)C2)ncn1. The number of anilines is 2. The Hall–Kier alpha value is -1.40. The first kappa shape index (κ1) is 17.4. The standard InChI is InChI=1S/C18H31N5O/c24-11-9-19-17-12-18(21-14-20-17)22-15-6-5-10-23(13-15)16-7-3-1-2-4-8-16/h12,14-16,24H,1-11,13H2,(H2,19,20,21,22). The van der Waals surface area contributed by atoms with Crippen molar-refractivity contribution in [2.75, 3.05) is 36.9 Å². The quantitative estimate of drug-likeness (QED) is 0.695. The second kappa shape index (κ2) is 9.18. The van der Waals surface area contributed by atoms with Crippen LogP contribution in [0.5, 0.6) is 0 Å². The minimum absolute atomic E-state index is 0.103. The van der Waals surface area contributed by atoms with Gasteiger partial charge >= 0.3 is 0 Å². The van der Waals surface area contributed by atoms with Crippen LogP contribution in [-0.2, 0) is 0 Å². The molecule has 1 unspecified atom stereocenters. The lowest BCUT2D eigenvalue weighted by Crippen LogP contribution is -2.47. The van der Waals surface area contributed by atoms with Gasteiger partial charge in [-0.1, -0.05) is 25.7 Å². The molecule has 1 aromatic rings. The van der Waals surface area contributed by atoms with Crippen molar-refractivity contribution in [3.63, 3.8) is 0 Å². The van der Waals surface area contributed by atoms with Crippen molar-refractivity contribution in [2.45, 2.75) is 63.5 Å². The van der Waals surface area contributed by atoms with Gasteiger partial charge in [0.05, 0.1) is 6.61 Å². The lowest BCUT2D eigenvalue weighted by Gasteiger charge is -2.38. The van der Waals surface area contributed by atoms with Gasteiger partial charge in [-0.2, -0.15) is 0 Å². The van der Waals surface area contributed by atoms with Crippen LogP contribution in [0.25, 0.3) is 0 Å². The number of hydrogen-bond donors (Lipinski definition) is 3. The van der Waals surface area contributed by atoms with E-state index in [0.717, 1.165) is 24.2 Å². The second-order valence-electron chi connectivity index (χ2n) is 7.06. The van der Waals surface area contributed by atoms with E-state index in [9.17, 15) is 0 Å². The lowest BCUT2D eigenvalue weighted by molar-refractivity contribution is 0.141. The predicted octanol–water partition coefficient (Wildman–Crippen LogP) is 2.48. The number of hydrogen-bond acceptors (Lipinski definition) is 6. The minimum atomic E-state index is 0.103. The summed E-state index contributed by atoms with van der Waals surface area (Å²) in [7, 11) is 0. The molecular weight excluding hydrogens is 302 g/mol. The monoisotopic (exact) mass is 333 g/mol. The molecule has 1 aliphatic carbocycles. The van der Waals surface area contributed by atoms with Crippen LogP contribution < -0.4 is 10.6 Å². The van der Waals surface area contributed by atoms with Crippen LogP contribution in [-0.4, -0.2) is 58.3 Å². The Labute approximate surface area is 145 Å². The summed E-state index contributed by atoms with van der Waals surface area (Å²) in [5.41, 5.74) is 0. The van der Waals surface area contributed by atoms with E-state index < -0.39 is 0 Å². The van der Waals surface area contributed by atoms with E-state index in [-0.39, 0.29) is 6.61 Å². The number of aliphatic hydroxyl groups is 1. The molecule has 0 spiro atoms. The zero-order chi connectivity index (χ0) is 16.6. The number of aromatic nitrogens is 2. The molecule has 2 heterocycles. The molecule has 2 fully saturated rings. The lowest BCUT2D eigenvalue weighted by atomic mass is 10.00. The molecule has 24 heavy (non-hydrogen) atoms. The summed E-state index contributed by atoms with van der Waals surface area (Å²) in [4.78, 5) is 11.2. The van der Waals surface area contributed by atoms with Gasteiger partial charge in [-0.25, -0.2) is 9.97 Å². The molecule has 3 rings (SSSR count).